The van der Waals surface area contributed by atoms with Gasteiger partial charge >= 0.3 is 0 Å². The number of benzene rings is 1. The molecule has 0 atom stereocenters. The number of furan rings is 1. The van der Waals surface area contributed by atoms with Gasteiger partial charge in [0.15, 0.2) is 5.11 Å². The topological polar surface area (TPSA) is 45.5 Å². The third-order valence-electron chi connectivity index (χ3n) is 2.73. The molecule has 1 aromatic heterocycles. The molecule has 4 nitrogen and oxygen atoms in total. The largest absolute Gasteiger partial charge is 0.465 e. The summed E-state index contributed by atoms with van der Waals surface area (Å²) in [5, 5.41) is 3.01. The summed E-state index contributed by atoms with van der Waals surface area (Å²) < 4.78 is 5.24. The van der Waals surface area contributed by atoms with Gasteiger partial charge < -0.3 is 4.42 Å². The lowest BCUT2D eigenvalue weighted by atomic mass is 10.2. The number of carbonyl (C=O) groups excluding carboxylic acids is 1. The Bertz CT molecular complexity index is 647. The van der Waals surface area contributed by atoms with Gasteiger partial charge in [-0.2, -0.15) is 0 Å². The van der Waals surface area contributed by atoms with Crippen LogP contribution in [0.2, 0.25) is 0 Å². The molecule has 0 unspecified atom stereocenters. The minimum Gasteiger partial charge on any atom is -0.465 e. The van der Waals surface area contributed by atoms with Crippen LogP contribution in [0.25, 0.3) is 6.08 Å². The van der Waals surface area contributed by atoms with Crippen molar-refractivity contribution in [3.63, 3.8) is 0 Å². The van der Waals surface area contributed by atoms with Crippen LogP contribution in [0.4, 0.5) is 5.69 Å². The van der Waals surface area contributed by atoms with Crippen LogP contribution in [0.3, 0.4) is 0 Å². The lowest BCUT2D eigenvalue weighted by Crippen LogP contribution is -2.26. The zero-order chi connectivity index (χ0) is 13.2. The highest BCUT2D eigenvalue weighted by molar-refractivity contribution is 7.80. The number of rotatable bonds is 2. The first-order valence-electron chi connectivity index (χ1n) is 5.71. The molecule has 1 aliphatic heterocycles. The summed E-state index contributed by atoms with van der Waals surface area (Å²) in [5.74, 6) is 0.376. The van der Waals surface area contributed by atoms with Crippen molar-refractivity contribution in [1.29, 1.82) is 0 Å². The van der Waals surface area contributed by atoms with Crippen LogP contribution >= 0.6 is 12.2 Å². The minimum absolute atomic E-state index is 0.231. The van der Waals surface area contributed by atoms with E-state index >= 15 is 0 Å². The number of anilines is 1. The Kier molecular flexibility index (Phi) is 2.89. The fraction of sp³-hybridized carbons (Fsp3) is 0. The summed E-state index contributed by atoms with van der Waals surface area (Å²) in [6.07, 6.45) is 3.23. The molecule has 1 N–H and O–H groups in total. The zero-order valence-electron chi connectivity index (χ0n) is 9.87. The molecule has 3 rings (SSSR count). The molecule has 0 aliphatic carbocycles. The summed E-state index contributed by atoms with van der Waals surface area (Å²) in [5.41, 5.74) is 1.29. The Morgan fingerprint density at radius 2 is 1.95 bits per heavy atom. The number of para-hydroxylation sites is 1. The van der Waals surface area contributed by atoms with E-state index in [1.165, 1.54) is 0 Å². The van der Waals surface area contributed by atoms with Gasteiger partial charge in [0.25, 0.3) is 5.91 Å². The van der Waals surface area contributed by atoms with Crippen LogP contribution in [0.15, 0.2) is 58.8 Å². The van der Waals surface area contributed by atoms with Gasteiger partial charge in [0.05, 0.1) is 6.26 Å². The van der Waals surface area contributed by atoms with E-state index in [0.717, 1.165) is 5.69 Å². The third-order valence-corrected chi connectivity index (χ3v) is 3.02. The van der Waals surface area contributed by atoms with Crippen molar-refractivity contribution in [2.45, 2.75) is 0 Å². The second-order valence-corrected chi connectivity index (χ2v) is 4.36. The number of amides is 1. The van der Waals surface area contributed by atoms with Gasteiger partial charge in [-0.1, -0.05) is 18.2 Å². The number of hydrogen-bond acceptors (Lipinski definition) is 3. The number of hydrogen-bond donors (Lipinski definition) is 1. The van der Waals surface area contributed by atoms with E-state index in [-0.39, 0.29) is 5.91 Å². The highest BCUT2D eigenvalue weighted by atomic mass is 32.1. The molecule has 0 bridgehead atoms. The summed E-state index contributed by atoms with van der Waals surface area (Å²) in [6.45, 7) is 0. The van der Waals surface area contributed by atoms with E-state index in [1.807, 2.05) is 30.3 Å². The van der Waals surface area contributed by atoms with Crippen molar-refractivity contribution in [1.82, 2.24) is 5.32 Å². The molecule has 1 aromatic carbocycles. The van der Waals surface area contributed by atoms with Crippen LogP contribution in [0.5, 0.6) is 0 Å². The van der Waals surface area contributed by atoms with Crippen LogP contribution in [-0.2, 0) is 4.79 Å². The van der Waals surface area contributed by atoms with Crippen molar-refractivity contribution in [3.8, 4) is 0 Å². The van der Waals surface area contributed by atoms with Crippen molar-refractivity contribution >= 4 is 35.0 Å². The molecule has 2 aromatic rings. The normalized spacial score (nSPS) is 17.1. The maximum Gasteiger partial charge on any atom is 0.274 e. The van der Waals surface area contributed by atoms with Crippen molar-refractivity contribution in [2.24, 2.45) is 0 Å². The number of thiocarbonyl (C=S) groups is 1. The summed E-state index contributed by atoms with van der Waals surface area (Å²) in [6, 6.07) is 13.0. The molecule has 0 saturated carbocycles. The van der Waals surface area contributed by atoms with E-state index in [1.54, 1.807) is 29.4 Å². The molecular formula is C14H10N2O2S. The molecule has 0 spiro atoms. The molecule has 5 heteroatoms. The average molecular weight is 270 g/mol. The van der Waals surface area contributed by atoms with E-state index in [9.17, 15) is 4.79 Å². The number of nitrogens with one attached hydrogen (secondary N) is 1. The Morgan fingerprint density at radius 3 is 2.63 bits per heavy atom. The van der Waals surface area contributed by atoms with Crippen molar-refractivity contribution < 1.29 is 9.21 Å². The molecular weight excluding hydrogens is 260 g/mol. The first-order chi connectivity index (χ1) is 9.25. The molecule has 1 fully saturated rings. The van der Waals surface area contributed by atoms with Crippen molar-refractivity contribution in [3.05, 3.63) is 60.2 Å². The van der Waals surface area contributed by atoms with Crippen LogP contribution in [-0.4, -0.2) is 11.0 Å². The van der Waals surface area contributed by atoms with Gasteiger partial charge in [0, 0.05) is 11.8 Å². The molecule has 19 heavy (non-hydrogen) atoms. The molecule has 94 valence electrons. The van der Waals surface area contributed by atoms with Gasteiger partial charge in [-0.15, -0.1) is 0 Å². The van der Waals surface area contributed by atoms with E-state index in [4.69, 9.17) is 16.6 Å². The van der Waals surface area contributed by atoms with Crippen LogP contribution in [0.1, 0.15) is 5.76 Å². The molecule has 1 aliphatic rings. The molecule has 1 amide bonds. The highest BCUT2D eigenvalue weighted by Crippen LogP contribution is 2.25. The third kappa shape index (κ3) is 2.15. The van der Waals surface area contributed by atoms with Crippen LogP contribution < -0.4 is 10.2 Å². The maximum atomic E-state index is 11.9. The summed E-state index contributed by atoms with van der Waals surface area (Å²) in [7, 11) is 0. The number of carbonyl (C=O) groups is 1. The van der Waals surface area contributed by atoms with Gasteiger partial charge in [0.2, 0.25) is 0 Å². The lowest BCUT2D eigenvalue weighted by molar-refractivity contribution is -0.115. The minimum atomic E-state index is -0.231. The zero-order valence-corrected chi connectivity index (χ0v) is 10.7. The lowest BCUT2D eigenvalue weighted by Gasteiger charge is -2.16. The Balaban J connectivity index is 2.06. The first-order valence-corrected chi connectivity index (χ1v) is 6.12. The Labute approximate surface area is 115 Å². The predicted molar refractivity (Wildman–Crippen MR) is 76.3 cm³/mol. The standard InChI is InChI=1S/C14H10N2O2S/c17-13-12(9-11-7-4-8-18-11)16(14(19)15-13)10-5-2-1-3-6-10/h1-9H,(H,15,17,19). The Morgan fingerprint density at radius 1 is 1.16 bits per heavy atom. The fourth-order valence-corrected chi connectivity index (χ4v) is 2.20. The average Bonchev–Trinajstić information content (AvgIpc) is 3.00. The van der Waals surface area contributed by atoms with Gasteiger partial charge in [-0.25, -0.2) is 0 Å². The fourth-order valence-electron chi connectivity index (χ4n) is 1.90. The number of nitrogens with zero attached hydrogens (tertiary/aromatic N) is 1. The molecule has 0 radical (unpaired) electrons. The van der Waals surface area contributed by atoms with Gasteiger partial charge in [-0.05, 0) is 36.5 Å². The van der Waals surface area contributed by atoms with Crippen LogP contribution in [0, 0.1) is 0 Å². The van der Waals surface area contributed by atoms with Crippen molar-refractivity contribution in [2.75, 3.05) is 4.90 Å². The second-order valence-electron chi connectivity index (χ2n) is 3.98. The van der Waals surface area contributed by atoms with E-state index in [2.05, 4.69) is 5.32 Å². The Hall–Kier alpha value is -2.40. The SMILES string of the molecule is O=C1NC(=S)N(c2ccccc2)C1=Cc1ccco1. The van der Waals surface area contributed by atoms with E-state index in [0.29, 0.717) is 16.6 Å². The molecule has 2 heterocycles. The summed E-state index contributed by atoms with van der Waals surface area (Å²) in [4.78, 5) is 13.6. The predicted octanol–water partition coefficient (Wildman–Crippen LogP) is 2.54. The van der Waals surface area contributed by atoms with E-state index < -0.39 is 0 Å². The second kappa shape index (κ2) is 4.70. The quantitative estimate of drug-likeness (QED) is 0.673. The monoisotopic (exact) mass is 270 g/mol. The first kappa shape index (κ1) is 11.7. The maximum absolute atomic E-state index is 11.9. The van der Waals surface area contributed by atoms with Gasteiger partial charge in [-0.3, -0.25) is 15.0 Å². The van der Waals surface area contributed by atoms with Gasteiger partial charge in [0.1, 0.15) is 11.5 Å². The smallest absolute Gasteiger partial charge is 0.274 e. The highest BCUT2D eigenvalue weighted by Gasteiger charge is 2.31. The molecule has 1 saturated heterocycles. The summed E-state index contributed by atoms with van der Waals surface area (Å²) >= 11 is 5.19.